The number of phosphoric acid groups is 1. The van der Waals surface area contributed by atoms with Crippen LogP contribution < -0.4 is 10.2 Å². The highest BCUT2D eigenvalue weighted by Crippen LogP contribution is 2.38. The summed E-state index contributed by atoms with van der Waals surface area (Å²) in [4.78, 5) is 25.6. The SMILES string of the molecule is CCCCCCCCCCCCCCCCCCCCC/C=C/C(O)C(COP(=O)([O-])OCC[N+](C)(C)C)NC(=O)CCCCCCCCCCCCCCCCCCCCCCCCCCCCCCCCCCCCCCCC. The van der Waals surface area contributed by atoms with E-state index in [1.165, 1.54) is 334 Å². The molecule has 0 saturated heterocycles. The molecule has 81 heavy (non-hydrogen) atoms. The molecular weight excluding hydrogens is 1020 g/mol. The lowest BCUT2D eigenvalue weighted by molar-refractivity contribution is -0.870. The third-order valence-corrected chi connectivity index (χ3v) is 18.2. The first-order valence-corrected chi connectivity index (χ1v) is 38.0. The Morgan fingerprint density at radius 1 is 0.420 bits per heavy atom. The van der Waals surface area contributed by atoms with E-state index in [2.05, 4.69) is 19.2 Å². The normalized spacial score (nSPS) is 13.6. The van der Waals surface area contributed by atoms with E-state index in [-0.39, 0.29) is 19.1 Å². The first-order valence-electron chi connectivity index (χ1n) is 36.6. The maximum atomic E-state index is 13.0. The van der Waals surface area contributed by atoms with Crippen molar-refractivity contribution in [2.75, 3.05) is 40.9 Å². The minimum atomic E-state index is -4.60. The van der Waals surface area contributed by atoms with Crippen LogP contribution in [0.2, 0.25) is 0 Å². The maximum Gasteiger partial charge on any atom is 0.268 e. The summed E-state index contributed by atoms with van der Waals surface area (Å²) < 4.78 is 23.5. The van der Waals surface area contributed by atoms with Gasteiger partial charge < -0.3 is 28.8 Å². The van der Waals surface area contributed by atoms with Crippen LogP contribution in [0, 0.1) is 0 Å². The quantitative estimate of drug-likeness (QED) is 0.0272. The summed E-state index contributed by atoms with van der Waals surface area (Å²) in [5, 5.41) is 14.0. The standard InChI is InChI=1S/C72H145N2O6P/c1-6-8-10-12-14-16-18-20-22-24-26-28-29-30-31-32-33-34-35-36-37-38-39-40-41-42-43-44-46-48-50-52-54-56-58-60-62-64-66-72(76)73-70(69-80-81(77,78)79-68-67-74(3,4)5)71(75)65-63-61-59-57-55-53-51-49-47-45-27-25-23-21-19-17-15-13-11-9-7-2/h63,65,70-71,75H,6-62,64,66-69H2,1-5H3,(H-,73,76,77,78)/b65-63+. The minimum Gasteiger partial charge on any atom is -0.756 e. The van der Waals surface area contributed by atoms with Crippen LogP contribution >= 0.6 is 7.82 Å². The second-order valence-electron chi connectivity index (χ2n) is 26.7. The number of hydrogen-bond acceptors (Lipinski definition) is 6. The maximum absolute atomic E-state index is 13.0. The zero-order valence-electron chi connectivity index (χ0n) is 55.5. The number of phosphoric ester groups is 1. The Labute approximate surface area is 507 Å². The molecule has 0 saturated carbocycles. The number of nitrogens with one attached hydrogen (secondary N) is 1. The number of carbonyl (C=O) groups is 1. The molecule has 0 aliphatic rings. The Hall–Kier alpha value is -0.760. The fraction of sp³-hybridized carbons (Fsp3) is 0.958. The molecule has 0 spiro atoms. The number of carbonyl (C=O) groups excluding carboxylic acids is 1. The van der Waals surface area contributed by atoms with Crippen LogP contribution in [-0.2, 0) is 18.4 Å². The lowest BCUT2D eigenvalue weighted by Crippen LogP contribution is -2.45. The van der Waals surface area contributed by atoms with Crippen molar-refractivity contribution in [1.29, 1.82) is 0 Å². The van der Waals surface area contributed by atoms with Gasteiger partial charge in [-0.15, -0.1) is 0 Å². The summed E-state index contributed by atoms with van der Waals surface area (Å²) in [5.74, 6) is -0.187. The van der Waals surface area contributed by atoms with Gasteiger partial charge in [0, 0.05) is 6.42 Å². The highest BCUT2D eigenvalue weighted by molar-refractivity contribution is 7.45. The molecule has 3 unspecified atom stereocenters. The molecule has 3 atom stereocenters. The Morgan fingerprint density at radius 3 is 0.926 bits per heavy atom. The summed E-state index contributed by atoms with van der Waals surface area (Å²) in [7, 11) is 1.28. The summed E-state index contributed by atoms with van der Waals surface area (Å²) in [5.41, 5.74) is 0. The van der Waals surface area contributed by atoms with E-state index < -0.39 is 20.0 Å². The predicted octanol–water partition coefficient (Wildman–Crippen LogP) is 22.7. The average Bonchev–Trinajstić information content (AvgIpc) is 3.43. The van der Waals surface area contributed by atoms with Crippen molar-refractivity contribution in [2.24, 2.45) is 0 Å². The largest absolute Gasteiger partial charge is 0.756 e. The molecule has 0 rings (SSSR count). The van der Waals surface area contributed by atoms with Gasteiger partial charge in [0.15, 0.2) is 0 Å². The minimum absolute atomic E-state index is 0.00296. The fourth-order valence-corrected chi connectivity index (χ4v) is 12.3. The van der Waals surface area contributed by atoms with Crippen molar-refractivity contribution in [2.45, 2.75) is 405 Å². The summed E-state index contributed by atoms with van der Waals surface area (Å²) in [6.07, 6.45) is 82.2. The van der Waals surface area contributed by atoms with Crippen molar-refractivity contribution in [1.82, 2.24) is 5.32 Å². The van der Waals surface area contributed by atoms with Crippen molar-refractivity contribution >= 4 is 13.7 Å². The lowest BCUT2D eigenvalue weighted by Gasteiger charge is -2.29. The van der Waals surface area contributed by atoms with Gasteiger partial charge >= 0.3 is 0 Å². The molecule has 0 aromatic carbocycles. The Bertz CT molecular complexity index is 1320. The van der Waals surface area contributed by atoms with E-state index >= 15 is 0 Å². The highest BCUT2D eigenvalue weighted by atomic mass is 31.2. The number of unbranched alkanes of at least 4 members (excludes halogenated alkanes) is 56. The molecule has 0 fully saturated rings. The Morgan fingerprint density at radius 2 is 0.667 bits per heavy atom. The van der Waals surface area contributed by atoms with Gasteiger partial charge in [-0.3, -0.25) is 9.36 Å². The topological polar surface area (TPSA) is 108 Å². The zero-order chi connectivity index (χ0) is 59.1. The van der Waals surface area contributed by atoms with Gasteiger partial charge in [0.05, 0.1) is 39.9 Å². The first-order chi connectivity index (χ1) is 39.5. The molecule has 0 aromatic heterocycles. The van der Waals surface area contributed by atoms with Gasteiger partial charge in [0.1, 0.15) is 13.2 Å². The van der Waals surface area contributed by atoms with Gasteiger partial charge in [-0.25, -0.2) is 0 Å². The van der Waals surface area contributed by atoms with E-state index in [1.54, 1.807) is 6.08 Å². The number of aliphatic hydroxyl groups is 1. The molecule has 1 amide bonds. The van der Waals surface area contributed by atoms with Crippen molar-refractivity contribution in [3.63, 3.8) is 0 Å². The Kier molecular flexibility index (Phi) is 63.1. The molecule has 0 radical (unpaired) electrons. The molecule has 0 bridgehead atoms. The molecule has 0 aromatic rings. The third kappa shape index (κ3) is 66.6. The molecule has 9 heteroatoms. The van der Waals surface area contributed by atoms with Crippen LogP contribution in [0.3, 0.4) is 0 Å². The van der Waals surface area contributed by atoms with Crippen LogP contribution in [0.4, 0.5) is 0 Å². The van der Waals surface area contributed by atoms with Gasteiger partial charge in [0.2, 0.25) is 5.91 Å². The fourth-order valence-electron chi connectivity index (χ4n) is 11.6. The molecule has 0 heterocycles. The van der Waals surface area contributed by atoms with E-state index in [9.17, 15) is 19.4 Å². The number of likely N-dealkylation sites (N-methyl/N-ethyl adjacent to an activating group) is 1. The van der Waals surface area contributed by atoms with Crippen LogP contribution in [0.5, 0.6) is 0 Å². The van der Waals surface area contributed by atoms with Crippen molar-refractivity contribution in [3.05, 3.63) is 12.2 Å². The van der Waals surface area contributed by atoms with Crippen molar-refractivity contribution < 1.29 is 32.9 Å². The molecule has 484 valence electrons. The molecular formula is C72H145N2O6P. The van der Waals surface area contributed by atoms with E-state index in [4.69, 9.17) is 9.05 Å². The summed E-state index contributed by atoms with van der Waals surface area (Å²) >= 11 is 0. The van der Waals surface area contributed by atoms with E-state index in [1.807, 2.05) is 27.2 Å². The second-order valence-corrected chi connectivity index (χ2v) is 28.1. The summed E-state index contributed by atoms with van der Waals surface area (Å²) in [6.45, 7) is 4.72. The van der Waals surface area contributed by atoms with Gasteiger partial charge in [-0.1, -0.05) is 379 Å². The van der Waals surface area contributed by atoms with Gasteiger partial charge in [-0.2, -0.15) is 0 Å². The zero-order valence-corrected chi connectivity index (χ0v) is 56.4. The Balaban J connectivity index is 3.91. The molecule has 0 aliphatic heterocycles. The first kappa shape index (κ1) is 80.2. The third-order valence-electron chi connectivity index (χ3n) is 17.2. The van der Waals surface area contributed by atoms with Crippen molar-refractivity contribution in [3.8, 4) is 0 Å². The van der Waals surface area contributed by atoms with Crippen LogP contribution in [0.1, 0.15) is 393 Å². The number of aliphatic hydroxyl groups excluding tert-OH is 1. The number of hydrogen-bond donors (Lipinski definition) is 2. The van der Waals surface area contributed by atoms with E-state index in [0.29, 0.717) is 17.4 Å². The predicted molar refractivity (Wildman–Crippen MR) is 353 cm³/mol. The van der Waals surface area contributed by atoms with Crippen LogP contribution in [0.15, 0.2) is 12.2 Å². The van der Waals surface area contributed by atoms with Crippen LogP contribution in [-0.4, -0.2) is 68.5 Å². The molecule has 8 nitrogen and oxygen atoms in total. The summed E-state index contributed by atoms with van der Waals surface area (Å²) in [6, 6.07) is -0.883. The smallest absolute Gasteiger partial charge is 0.268 e. The van der Waals surface area contributed by atoms with Gasteiger partial charge in [-0.05, 0) is 19.3 Å². The number of rotatable bonds is 69. The molecule has 2 N–H and O–H groups in total. The second kappa shape index (κ2) is 63.7. The lowest BCUT2D eigenvalue weighted by atomic mass is 10.0. The van der Waals surface area contributed by atoms with E-state index in [0.717, 1.165) is 38.5 Å². The van der Waals surface area contributed by atoms with Gasteiger partial charge in [0.25, 0.3) is 7.82 Å². The molecule has 0 aliphatic carbocycles. The highest BCUT2D eigenvalue weighted by Gasteiger charge is 2.23. The number of nitrogens with zero attached hydrogens (tertiary/aromatic N) is 1. The van der Waals surface area contributed by atoms with Crippen LogP contribution in [0.25, 0.3) is 0 Å². The number of quaternary nitrogens is 1. The average molecular weight is 1170 g/mol. The number of amides is 1. The monoisotopic (exact) mass is 1170 g/mol. The number of allylic oxidation sites excluding steroid dienone is 1.